The maximum atomic E-state index is 12.4. The van der Waals surface area contributed by atoms with Gasteiger partial charge in [0.2, 0.25) is 0 Å². The van der Waals surface area contributed by atoms with E-state index in [9.17, 15) is 24.0 Å². The highest BCUT2D eigenvalue weighted by Crippen LogP contribution is 2.33. The minimum Gasteiger partial charge on any atom is -0.493 e. The van der Waals surface area contributed by atoms with Crippen LogP contribution in [0.3, 0.4) is 0 Å². The number of rotatable bonds is 21. The predicted molar refractivity (Wildman–Crippen MR) is 176 cm³/mol. The summed E-state index contributed by atoms with van der Waals surface area (Å²) in [5.74, 6) is 0.204. The van der Waals surface area contributed by atoms with Crippen molar-refractivity contribution in [1.29, 1.82) is 0 Å². The fourth-order valence-electron chi connectivity index (χ4n) is 5.84. The van der Waals surface area contributed by atoms with Crippen molar-refractivity contribution in [1.82, 2.24) is 0 Å². The lowest BCUT2D eigenvalue weighted by atomic mass is 9.82. The maximum absolute atomic E-state index is 12.4. The molecule has 0 spiro atoms. The van der Waals surface area contributed by atoms with Gasteiger partial charge in [0.05, 0.1) is 57.0 Å². The standard InChI is InChI=1S/C37H50O11/c1-3-34(39)43-19-5-7-21-45-36(41)29-13-9-27(10-14-29)25-47-32-17-18-33(31(23-32)24-38)48-26-28-11-15-30(16-12-28)37(42)46-22-8-6-20-44-35(40)4-2/h3-4,17-18,23-24,27-30H,1-2,5-16,19-22,25-26H2. The Morgan fingerprint density at radius 3 is 1.50 bits per heavy atom. The Balaban J connectivity index is 1.28. The monoisotopic (exact) mass is 670 g/mol. The molecule has 0 atom stereocenters. The number of ether oxygens (including phenoxy) is 6. The van der Waals surface area contributed by atoms with E-state index in [-0.39, 0.29) is 42.9 Å². The molecule has 2 aliphatic rings. The topological polar surface area (TPSA) is 141 Å². The summed E-state index contributed by atoms with van der Waals surface area (Å²) in [7, 11) is 0. The highest BCUT2D eigenvalue weighted by atomic mass is 16.5. The van der Waals surface area contributed by atoms with Crippen LogP contribution in [0.5, 0.6) is 11.5 Å². The maximum Gasteiger partial charge on any atom is 0.330 e. The summed E-state index contributed by atoms with van der Waals surface area (Å²) in [6.45, 7) is 8.83. The molecule has 0 aliphatic heterocycles. The van der Waals surface area contributed by atoms with E-state index in [0.29, 0.717) is 75.1 Å². The molecule has 0 bridgehead atoms. The molecule has 264 valence electrons. The Hall–Kier alpha value is -4.15. The van der Waals surface area contributed by atoms with Gasteiger partial charge in [0.1, 0.15) is 11.5 Å². The van der Waals surface area contributed by atoms with Crippen molar-refractivity contribution >= 4 is 30.2 Å². The average Bonchev–Trinajstić information content (AvgIpc) is 3.12. The van der Waals surface area contributed by atoms with Crippen molar-refractivity contribution in [2.45, 2.75) is 77.0 Å². The van der Waals surface area contributed by atoms with Crippen LogP contribution in [0.1, 0.15) is 87.4 Å². The van der Waals surface area contributed by atoms with Gasteiger partial charge in [-0.05, 0) is 107 Å². The zero-order valence-electron chi connectivity index (χ0n) is 27.9. The van der Waals surface area contributed by atoms with Crippen molar-refractivity contribution in [2.75, 3.05) is 39.6 Å². The Labute approximate surface area is 283 Å². The molecule has 48 heavy (non-hydrogen) atoms. The van der Waals surface area contributed by atoms with Gasteiger partial charge < -0.3 is 28.4 Å². The zero-order valence-corrected chi connectivity index (χ0v) is 27.9. The van der Waals surface area contributed by atoms with E-state index in [1.54, 1.807) is 18.2 Å². The normalized spacial score (nSPS) is 20.4. The van der Waals surface area contributed by atoms with Gasteiger partial charge in [0.25, 0.3) is 0 Å². The summed E-state index contributed by atoms with van der Waals surface area (Å²) in [5.41, 5.74) is 0.425. The van der Waals surface area contributed by atoms with Crippen LogP contribution in [0, 0.1) is 23.7 Å². The molecule has 0 radical (unpaired) electrons. The number of hydrogen-bond donors (Lipinski definition) is 0. The summed E-state index contributed by atoms with van der Waals surface area (Å²) in [5, 5.41) is 0. The van der Waals surface area contributed by atoms with Crippen molar-refractivity contribution in [3.63, 3.8) is 0 Å². The molecule has 2 aliphatic carbocycles. The Morgan fingerprint density at radius 2 is 1.06 bits per heavy atom. The Bertz CT molecular complexity index is 1210. The quantitative estimate of drug-likeness (QED) is 0.0502. The summed E-state index contributed by atoms with van der Waals surface area (Å²) >= 11 is 0. The third kappa shape index (κ3) is 13.9. The molecule has 3 rings (SSSR count). The van der Waals surface area contributed by atoms with E-state index in [2.05, 4.69) is 13.2 Å². The van der Waals surface area contributed by atoms with E-state index < -0.39 is 11.9 Å². The summed E-state index contributed by atoms with van der Waals surface area (Å²) < 4.78 is 32.7. The SMILES string of the molecule is C=CC(=O)OCCCCOC(=O)C1CCC(COc2ccc(OCC3CCC(C(=O)OCCCCOC(=O)C=C)CC3)c(C=O)c2)CC1. The number of benzene rings is 1. The molecular formula is C37H50O11. The highest BCUT2D eigenvalue weighted by molar-refractivity contribution is 5.81. The van der Waals surface area contributed by atoms with Crippen molar-refractivity contribution in [2.24, 2.45) is 23.7 Å². The fourth-order valence-corrected chi connectivity index (χ4v) is 5.84. The summed E-state index contributed by atoms with van der Waals surface area (Å²) in [4.78, 5) is 58.7. The first-order valence-corrected chi connectivity index (χ1v) is 17.1. The lowest BCUT2D eigenvalue weighted by Gasteiger charge is -2.27. The summed E-state index contributed by atoms with van der Waals surface area (Å²) in [6.07, 6.45) is 11.9. The molecule has 0 N–H and O–H groups in total. The second kappa shape index (κ2) is 21.7. The minimum atomic E-state index is -0.457. The highest BCUT2D eigenvalue weighted by Gasteiger charge is 2.29. The van der Waals surface area contributed by atoms with Gasteiger partial charge in [-0.3, -0.25) is 14.4 Å². The number of carbonyl (C=O) groups excluding carboxylic acids is 5. The van der Waals surface area contributed by atoms with Crippen molar-refractivity contribution < 1.29 is 52.4 Å². The lowest BCUT2D eigenvalue weighted by Crippen LogP contribution is -2.26. The van der Waals surface area contributed by atoms with Gasteiger partial charge in [0, 0.05) is 12.2 Å². The van der Waals surface area contributed by atoms with Crippen LogP contribution in [0.15, 0.2) is 43.5 Å². The third-order valence-electron chi connectivity index (χ3n) is 8.82. The molecule has 0 heterocycles. The average molecular weight is 671 g/mol. The third-order valence-corrected chi connectivity index (χ3v) is 8.82. The van der Waals surface area contributed by atoms with Crippen LogP contribution >= 0.6 is 0 Å². The van der Waals surface area contributed by atoms with Crippen LogP contribution in [0.4, 0.5) is 0 Å². The van der Waals surface area contributed by atoms with E-state index in [1.807, 2.05) is 0 Å². The molecule has 1 aromatic carbocycles. The van der Waals surface area contributed by atoms with E-state index >= 15 is 0 Å². The Kier molecular flexibility index (Phi) is 17.3. The van der Waals surface area contributed by atoms with Gasteiger partial charge >= 0.3 is 23.9 Å². The number of hydrogen-bond acceptors (Lipinski definition) is 11. The molecule has 0 aromatic heterocycles. The van der Waals surface area contributed by atoms with Gasteiger partial charge in [-0.1, -0.05) is 13.2 Å². The first-order valence-electron chi connectivity index (χ1n) is 17.1. The predicted octanol–water partition coefficient (Wildman–Crippen LogP) is 5.97. The van der Waals surface area contributed by atoms with Gasteiger partial charge in [-0.25, -0.2) is 9.59 Å². The minimum absolute atomic E-state index is 0.111. The largest absolute Gasteiger partial charge is 0.493 e. The van der Waals surface area contributed by atoms with Gasteiger partial charge in [-0.15, -0.1) is 0 Å². The van der Waals surface area contributed by atoms with Crippen LogP contribution < -0.4 is 9.47 Å². The Morgan fingerprint density at radius 1 is 0.625 bits per heavy atom. The molecule has 0 saturated heterocycles. The zero-order chi connectivity index (χ0) is 34.6. The van der Waals surface area contributed by atoms with Crippen LogP contribution in [0.25, 0.3) is 0 Å². The van der Waals surface area contributed by atoms with E-state index in [4.69, 9.17) is 28.4 Å². The second-order valence-electron chi connectivity index (χ2n) is 12.4. The van der Waals surface area contributed by atoms with Crippen LogP contribution in [-0.2, 0) is 38.1 Å². The first kappa shape index (κ1) is 38.3. The number of aldehydes is 1. The van der Waals surface area contributed by atoms with Crippen molar-refractivity contribution in [3.05, 3.63) is 49.1 Å². The van der Waals surface area contributed by atoms with E-state index in [1.165, 1.54) is 0 Å². The molecule has 2 saturated carbocycles. The molecule has 2 fully saturated rings. The molecule has 11 nitrogen and oxygen atoms in total. The van der Waals surface area contributed by atoms with Crippen LogP contribution in [-0.4, -0.2) is 69.8 Å². The van der Waals surface area contributed by atoms with Gasteiger partial charge in [0.15, 0.2) is 6.29 Å². The lowest BCUT2D eigenvalue weighted by molar-refractivity contribution is -0.151. The van der Waals surface area contributed by atoms with E-state index in [0.717, 1.165) is 69.8 Å². The first-order chi connectivity index (χ1) is 23.3. The second-order valence-corrected chi connectivity index (χ2v) is 12.4. The number of esters is 4. The number of unbranched alkanes of at least 4 members (excludes halogenated alkanes) is 2. The fraction of sp³-hybridized carbons (Fsp3) is 0.595. The molecule has 1 aromatic rings. The molecule has 0 unspecified atom stereocenters. The molecule has 11 heteroatoms. The number of carbonyl (C=O) groups is 5. The molecule has 0 amide bonds. The smallest absolute Gasteiger partial charge is 0.330 e. The van der Waals surface area contributed by atoms with Crippen molar-refractivity contribution in [3.8, 4) is 11.5 Å². The summed E-state index contributed by atoms with van der Waals surface area (Å²) in [6, 6.07) is 5.26. The van der Waals surface area contributed by atoms with Crippen LogP contribution in [0.2, 0.25) is 0 Å². The molecular weight excluding hydrogens is 620 g/mol. The van der Waals surface area contributed by atoms with Gasteiger partial charge in [-0.2, -0.15) is 0 Å².